The zero-order valence-electron chi connectivity index (χ0n) is 8.67. The molecule has 1 aromatic rings. The third kappa shape index (κ3) is 3.68. The first-order valence-electron chi connectivity index (χ1n) is 4.62. The molecule has 3 nitrogen and oxygen atoms in total. The molecule has 0 aliphatic heterocycles. The van der Waals surface area contributed by atoms with Gasteiger partial charge in [-0.15, -0.1) is 0 Å². The second kappa shape index (κ2) is 5.33. The molecule has 0 saturated carbocycles. The Kier molecular flexibility index (Phi) is 4.36. The summed E-state index contributed by atoms with van der Waals surface area (Å²) in [4.78, 5) is 8.22. The molecule has 15 heavy (non-hydrogen) atoms. The Morgan fingerprint density at radius 2 is 2.20 bits per heavy atom. The first kappa shape index (κ1) is 12.3. The highest BCUT2D eigenvalue weighted by Crippen LogP contribution is 2.18. The molecule has 2 N–H and O–H groups in total. The van der Waals surface area contributed by atoms with Crippen LogP contribution in [0.25, 0.3) is 0 Å². The summed E-state index contributed by atoms with van der Waals surface area (Å²) in [5.41, 5.74) is 6.24. The lowest BCUT2D eigenvalue weighted by molar-refractivity contribution is 0.665. The summed E-state index contributed by atoms with van der Waals surface area (Å²) < 4.78 is 0. The Labute approximate surface area is 99.3 Å². The summed E-state index contributed by atoms with van der Waals surface area (Å²) in [6.45, 7) is 4.79. The molecule has 0 spiro atoms. The van der Waals surface area contributed by atoms with Gasteiger partial charge in [-0.05, 0) is 12.0 Å². The molecule has 1 heterocycles. The lowest BCUT2D eigenvalue weighted by Crippen LogP contribution is -2.17. The summed E-state index contributed by atoms with van der Waals surface area (Å²) in [6, 6.07) is 1.60. The van der Waals surface area contributed by atoms with Gasteiger partial charge in [-0.25, -0.2) is 4.98 Å². The number of nitrogens with zero attached hydrogens (tertiary/aromatic N) is 2. The van der Waals surface area contributed by atoms with Crippen LogP contribution in [0.3, 0.4) is 0 Å². The van der Waals surface area contributed by atoms with E-state index in [0.29, 0.717) is 34.0 Å². The van der Waals surface area contributed by atoms with Gasteiger partial charge in [0.25, 0.3) is 0 Å². The molecule has 0 aliphatic carbocycles. The third-order valence-electron chi connectivity index (χ3n) is 1.68. The van der Waals surface area contributed by atoms with E-state index in [4.69, 9.17) is 28.9 Å². The van der Waals surface area contributed by atoms with Crippen LogP contribution in [0.4, 0.5) is 0 Å². The van der Waals surface area contributed by atoms with E-state index in [1.54, 1.807) is 6.07 Å². The number of halogens is 2. The molecule has 0 unspecified atom stereocenters. The van der Waals surface area contributed by atoms with Crippen LogP contribution in [-0.2, 0) is 0 Å². The van der Waals surface area contributed by atoms with Crippen molar-refractivity contribution in [1.29, 1.82) is 0 Å². The number of rotatable bonds is 3. The number of aliphatic imine (C=N–C) groups is 1. The highest BCUT2D eigenvalue weighted by atomic mass is 35.5. The van der Waals surface area contributed by atoms with Crippen molar-refractivity contribution >= 4 is 29.0 Å². The fourth-order valence-electron chi connectivity index (χ4n) is 0.959. The van der Waals surface area contributed by atoms with Crippen LogP contribution in [0, 0.1) is 5.92 Å². The van der Waals surface area contributed by atoms with Crippen molar-refractivity contribution in [2.75, 3.05) is 6.54 Å². The Morgan fingerprint density at radius 3 is 2.73 bits per heavy atom. The smallest absolute Gasteiger partial charge is 0.146 e. The van der Waals surface area contributed by atoms with Crippen molar-refractivity contribution < 1.29 is 0 Å². The fourth-order valence-corrected chi connectivity index (χ4v) is 1.44. The maximum atomic E-state index is 5.93. The van der Waals surface area contributed by atoms with Gasteiger partial charge in [0, 0.05) is 12.7 Å². The van der Waals surface area contributed by atoms with Crippen molar-refractivity contribution in [2.24, 2.45) is 16.6 Å². The fraction of sp³-hybridized carbons (Fsp3) is 0.400. The van der Waals surface area contributed by atoms with Crippen molar-refractivity contribution in [3.8, 4) is 0 Å². The minimum absolute atomic E-state index is 0.352. The van der Waals surface area contributed by atoms with E-state index in [2.05, 4.69) is 23.8 Å². The molecule has 0 bridgehead atoms. The molecule has 0 saturated heterocycles. The maximum absolute atomic E-state index is 5.93. The lowest BCUT2D eigenvalue weighted by Gasteiger charge is -2.04. The average molecular weight is 246 g/mol. The van der Waals surface area contributed by atoms with Crippen molar-refractivity contribution in [1.82, 2.24) is 4.98 Å². The Morgan fingerprint density at radius 1 is 1.53 bits per heavy atom. The Balaban J connectivity index is 2.91. The van der Waals surface area contributed by atoms with Crippen LogP contribution in [-0.4, -0.2) is 17.4 Å². The molecular formula is C10H13Cl2N3. The predicted octanol–water partition coefficient (Wildman–Crippen LogP) is 2.75. The highest BCUT2D eigenvalue weighted by molar-refractivity contribution is 6.36. The summed E-state index contributed by atoms with van der Waals surface area (Å²) in [5, 5.41) is 0.910. The van der Waals surface area contributed by atoms with Gasteiger partial charge in [0.2, 0.25) is 0 Å². The molecule has 0 amide bonds. The first-order chi connectivity index (χ1) is 7.00. The maximum Gasteiger partial charge on any atom is 0.146 e. The van der Waals surface area contributed by atoms with E-state index >= 15 is 0 Å². The van der Waals surface area contributed by atoms with Crippen LogP contribution in [0.5, 0.6) is 0 Å². The Hall–Kier alpha value is -0.800. The summed E-state index contributed by atoms with van der Waals surface area (Å²) >= 11 is 11.7. The van der Waals surface area contributed by atoms with Crippen LogP contribution >= 0.6 is 23.2 Å². The quantitative estimate of drug-likeness (QED) is 0.658. The molecule has 0 atom stereocenters. The number of hydrogen-bond acceptors (Lipinski definition) is 2. The minimum Gasteiger partial charge on any atom is -0.382 e. The molecule has 5 heteroatoms. The van der Waals surface area contributed by atoms with Crippen LogP contribution < -0.4 is 5.73 Å². The number of hydrogen-bond donors (Lipinski definition) is 1. The standard InChI is InChI=1S/C10H13Cl2N3/c1-6(2)4-15-10(13)9-8(12)3-7(11)5-14-9/h3,5-6H,4H2,1-2H3,(H2,13,15). The van der Waals surface area contributed by atoms with E-state index in [9.17, 15) is 0 Å². The van der Waals surface area contributed by atoms with Crippen molar-refractivity contribution in [3.63, 3.8) is 0 Å². The Bertz CT molecular complexity index is 375. The van der Waals surface area contributed by atoms with Gasteiger partial charge >= 0.3 is 0 Å². The van der Waals surface area contributed by atoms with E-state index in [1.165, 1.54) is 6.20 Å². The van der Waals surface area contributed by atoms with Crippen molar-refractivity contribution in [2.45, 2.75) is 13.8 Å². The largest absolute Gasteiger partial charge is 0.382 e. The van der Waals surface area contributed by atoms with E-state index in [-0.39, 0.29) is 0 Å². The van der Waals surface area contributed by atoms with E-state index < -0.39 is 0 Å². The number of amidine groups is 1. The number of aromatic nitrogens is 1. The van der Waals surface area contributed by atoms with E-state index in [1.807, 2.05) is 0 Å². The molecule has 1 rings (SSSR count). The zero-order valence-corrected chi connectivity index (χ0v) is 10.2. The molecule has 1 aromatic heterocycles. The van der Waals surface area contributed by atoms with Crippen LogP contribution in [0.2, 0.25) is 10.0 Å². The number of pyridine rings is 1. The SMILES string of the molecule is CC(C)CN=C(N)c1ncc(Cl)cc1Cl. The minimum atomic E-state index is 0.352. The van der Waals surface area contributed by atoms with Gasteiger partial charge in [0.05, 0.1) is 10.0 Å². The summed E-state index contributed by atoms with van der Waals surface area (Å²) in [6.07, 6.45) is 1.50. The van der Waals surface area contributed by atoms with Crippen LogP contribution in [0.1, 0.15) is 19.5 Å². The lowest BCUT2D eigenvalue weighted by atomic mass is 10.2. The van der Waals surface area contributed by atoms with E-state index in [0.717, 1.165) is 0 Å². The molecule has 0 aromatic carbocycles. The normalized spacial score (nSPS) is 12.2. The van der Waals surface area contributed by atoms with Gasteiger partial charge in [-0.2, -0.15) is 0 Å². The molecule has 82 valence electrons. The van der Waals surface area contributed by atoms with Gasteiger partial charge in [0.15, 0.2) is 0 Å². The second-order valence-electron chi connectivity index (χ2n) is 3.60. The second-order valence-corrected chi connectivity index (χ2v) is 4.45. The predicted molar refractivity (Wildman–Crippen MR) is 64.7 cm³/mol. The molecule has 0 radical (unpaired) electrons. The number of nitrogens with two attached hydrogens (primary N) is 1. The molecule has 0 aliphatic rings. The summed E-state index contributed by atoms with van der Waals surface area (Å²) in [7, 11) is 0. The topological polar surface area (TPSA) is 51.3 Å². The van der Waals surface area contributed by atoms with Crippen LogP contribution in [0.15, 0.2) is 17.3 Å². The monoisotopic (exact) mass is 245 g/mol. The first-order valence-corrected chi connectivity index (χ1v) is 5.37. The third-order valence-corrected chi connectivity index (χ3v) is 2.17. The molecular weight excluding hydrogens is 233 g/mol. The van der Waals surface area contributed by atoms with Gasteiger partial charge in [-0.1, -0.05) is 37.0 Å². The summed E-state index contributed by atoms with van der Waals surface area (Å²) in [5.74, 6) is 0.806. The van der Waals surface area contributed by atoms with Gasteiger partial charge in [0.1, 0.15) is 11.5 Å². The van der Waals surface area contributed by atoms with Gasteiger partial charge < -0.3 is 5.73 Å². The highest BCUT2D eigenvalue weighted by Gasteiger charge is 2.07. The molecule has 0 fully saturated rings. The van der Waals surface area contributed by atoms with Gasteiger partial charge in [-0.3, -0.25) is 4.99 Å². The zero-order chi connectivity index (χ0) is 11.4. The van der Waals surface area contributed by atoms with Crippen molar-refractivity contribution in [3.05, 3.63) is 28.0 Å². The average Bonchev–Trinajstić information content (AvgIpc) is 2.14.